The molecule has 30 heavy (non-hydrogen) atoms. The highest BCUT2D eigenvalue weighted by atomic mass is 19.4. The van der Waals surface area contributed by atoms with Crippen molar-refractivity contribution in [2.24, 2.45) is 5.41 Å². The fourth-order valence-corrected chi connectivity index (χ4v) is 4.74. The van der Waals surface area contributed by atoms with Crippen LogP contribution in [0.3, 0.4) is 0 Å². The van der Waals surface area contributed by atoms with Gasteiger partial charge in [0.15, 0.2) is 5.60 Å². The Kier molecular flexibility index (Phi) is 7.13. The molecule has 1 heterocycles. The van der Waals surface area contributed by atoms with E-state index in [2.05, 4.69) is 5.32 Å². The van der Waals surface area contributed by atoms with Gasteiger partial charge in [0.05, 0.1) is 0 Å². The van der Waals surface area contributed by atoms with Crippen molar-refractivity contribution in [1.82, 2.24) is 10.2 Å². The fourth-order valence-electron chi connectivity index (χ4n) is 4.74. The first-order valence-electron chi connectivity index (χ1n) is 11.0. The summed E-state index contributed by atoms with van der Waals surface area (Å²) in [5.41, 5.74) is -1.88. The second-order valence-electron chi connectivity index (χ2n) is 9.24. The van der Waals surface area contributed by atoms with Crippen molar-refractivity contribution in [2.75, 3.05) is 19.6 Å². The molecule has 3 rings (SSSR count). The first-order valence-corrected chi connectivity index (χ1v) is 11.0. The molecule has 168 valence electrons. The Morgan fingerprint density at radius 3 is 2.27 bits per heavy atom. The van der Waals surface area contributed by atoms with E-state index in [-0.39, 0.29) is 43.3 Å². The lowest BCUT2D eigenvalue weighted by atomic mass is 9.75. The summed E-state index contributed by atoms with van der Waals surface area (Å²) < 4.78 is 39.5. The number of aliphatic hydroxyl groups is 1. The summed E-state index contributed by atoms with van der Waals surface area (Å²) in [6, 6.07) is 9.68. The maximum atomic E-state index is 13.2. The van der Waals surface area contributed by atoms with Gasteiger partial charge in [-0.3, -0.25) is 9.69 Å². The molecule has 2 fully saturated rings. The molecule has 1 amide bonds. The van der Waals surface area contributed by atoms with Crippen molar-refractivity contribution in [2.45, 2.75) is 76.1 Å². The summed E-state index contributed by atoms with van der Waals surface area (Å²) in [6.07, 6.45) is 0.379. The zero-order valence-electron chi connectivity index (χ0n) is 17.7. The first kappa shape index (κ1) is 23.1. The molecule has 1 aliphatic carbocycles. The molecule has 2 aliphatic rings. The summed E-state index contributed by atoms with van der Waals surface area (Å²) in [6.45, 7) is 2.72. The Labute approximate surface area is 176 Å². The number of benzene rings is 1. The number of halogens is 3. The predicted molar refractivity (Wildman–Crippen MR) is 110 cm³/mol. The maximum absolute atomic E-state index is 13.2. The summed E-state index contributed by atoms with van der Waals surface area (Å²) in [5, 5.41) is 13.1. The van der Waals surface area contributed by atoms with Crippen molar-refractivity contribution in [3.63, 3.8) is 0 Å². The molecule has 0 aromatic heterocycles. The number of rotatable bonds is 6. The normalized spacial score (nSPS) is 23.0. The molecule has 1 aromatic carbocycles. The Morgan fingerprint density at radius 1 is 1.10 bits per heavy atom. The molecule has 2 N–H and O–H groups in total. The number of nitrogens with zero attached hydrogens (tertiary/aromatic N) is 1. The molecule has 1 saturated carbocycles. The van der Waals surface area contributed by atoms with Gasteiger partial charge in [-0.15, -0.1) is 0 Å². The van der Waals surface area contributed by atoms with Crippen LogP contribution in [0.1, 0.15) is 57.4 Å². The minimum absolute atomic E-state index is 0.0454. The smallest absolute Gasteiger partial charge is 0.380 e. The SMILES string of the molecule is CC1(C(=O)NCC(Cc2ccccc2)N2CCC(O)(C(F)(F)F)CC2)CCCCC1. The summed E-state index contributed by atoms with van der Waals surface area (Å²) >= 11 is 0. The average molecular weight is 427 g/mol. The number of alkyl halides is 3. The quantitative estimate of drug-likeness (QED) is 0.721. The first-order chi connectivity index (χ1) is 14.1. The van der Waals surface area contributed by atoms with Gasteiger partial charge in [-0.2, -0.15) is 13.2 Å². The number of piperidine rings is 1. The molecule has 0 bridgehead atoms. The highest BCUT2D eigenvalue weighted by Gasteiger charge is 2.54. The molecule has 0 spiro atoms. The minimum Gasteiger partial charge on any atom is -0.380 e. The Bertz CT molecular complexity index is 694. The molecule has 4 nitrogen and oxygen atoms in total. The zero-order chi connectivity index (χ0) is 21.8. The number of likely N-dealkylation sites (tertiary alicyclic amines) is 1. The van der Waals surface area contributed by atoms with Crippen LogP contribution in [0.2, 0.25) is 0 Å². The van der Waals surface area contributed by atoms with Crippen LogP contribution >= 0.6 is 0 Å². The van der Waals surface area contributed by atoms with Crippen molar-refractivity contribution < 1.29 is 23.1 Å². The van der Waals surface area contributed by atoms with Gasteiger partial charge < -0.3 is 10.4 Å². The monoisotopic (exact) mass is 426 g/mol. The number of nitrogens with one attached hydrogen (secondary N) is 1. The van der Waals surface area contributed by atoms with Gasteiger partial charge in [-0.25, -0.2) is 0 Å². The van der Waals surface area contributed by atoms with Crippen molar-refractivity contribution in [3.05, 3.63) is 35.9 Å². The van der Waals surface area contributed by atoms with Crippen LogP contribution in [0.25, 0.3) is 0 Å². The number of hydrogen-bond acceptors (Lipinski definition) is 3. The van der Waals surface area contributed by atoms with Crippen LogP contribution in [0.15, 0.2) is 30.3 Å². The lowest BCUT2D eigenvalue weighted by Crippen LogP contribution is -2.57. The molecule has 1 aromatic rings. The third kappa shape index (κ3) is 5.35. The zero-order valence-corrected chi connectivity index (χ0v) is 17.7. The van der Waals surface area contributed by atoms with Crippen LogP contribution < -0.4 is 5.32 Å². The van der Waals surface area contributed by atoms with Gasteiger partial charge in [0.1, 0.15) is 0 Å². The van der Waals surface area contributed by atoms with E-state index in [0.29, 0.717) is 13.0 Å². The van der Waals surface area contributed by atoms with Gasteiger partial charge in [0.2, 0.25) is 5.91 Å². The average Bonchev–Trinajstić information content (AvgIpc) is 2.72. The number of hydrogen-bond donors (Lipinski definition) is 2. The van der Waals surface area contributed by atoms with E-state index in [1.807, 2.05) is 42.2 Å². The van der Waals surface area contributed by atoms with E-state index in [9.17, 15) is 23.1 Å². The van der Waals surface area contributed by atoms with E-state index < -0.39 is 11.8 Å². The second kappa shape index (κ2) is 9.27. The van der Waals surface area contributed by atoms with Crippen molar-refractivity contribution in [1.29, 1.82) is 0 Å². The minimum atomic E-state index is -4.61. The number of carbonyl (C=O) groups is 1. The molecule has 1 aliphatic heterocycles. The molecular weight excluding hydrogens is 393 g/mol. The third-order valence-corrected chi connectivity index (χ3v) is 6.99. The van der Waals surface area contributed by atoms with Crippen molar-refractivity contribution >= 4 is 5.91 Å². The van der Waals surface area contributed by atoms with E-state index >= 15 is 0 Å². The molecular formula is C23H33F3N2O2. The summed E-state index contributed by atoms with van der Waals surface area (Å²) in [7, 11) is 0. The maximum Gasteiger partial charge on any atom is 0.417 e. The van der Waals surface area contributed by atoms with Crippen LogP contribution in [0.4, 0.5) is 13.2 Å². The number of amides is 1. The van der Waals surface area contributed by atoms with Gasteiger partial charge in [-0.1, -0.05) is 56.5 Å². The summed E-state index contributed by atoms with van der Waals surface area (Å²) in [5.74, 6) is 0.0454. The second-order valence-corrected chi connectivity index (χ2v) is 9.24. The number of carbonyl (C=O) groups excluding carboxylic acids is 1. The van der Waals surface area contributed by atoms with E-state index in [4.69, 9.17) is 0 Å². The van der Waals surface area contributed by atoms with Crippen LogP contribution in [-0.2, 0) is 11.2 Å². The van der Waals surface area contributed by atoms with Gasteiger partial charge >= 0.3 is 6.18 Å². The van der Waals surface area contributed by atoms with Crippen molar-refractivity contribution in [3.8, 4) is 0 Å². The van der Waals surface area contributed by atoms with Gasteiger partial charge in [0.25, 0.3) is 0 Å². The van der Waals surface area contributed by atoms with Crippen LogP contribution in [-0.4, -0.2) is 53.4 Å². The Balaban J connectivity index is 1.66. The highest BCUT2D eigenvalue weighted by molar-refractivity contribution is 5.82. The Morgan fingerprint density at radius 2 is 1.70 bits per heavy atom. The fraction of sp³-hybridized carbons (Fsp3) is 0.696. The molecule has 1 unspecified atom stereocenters. The molecule has 0 radical (unpaired) electrons. The highest BCUT2D eigenvalue weighted by Crippen LogP contribution is 2.39. The molecule has 1 atom stereocenters. The summed E-state index contributed by atoms with van der Waals surface area (Å²) in [4.78, 5) is 14.9. The predicted octanol–water partition coefficient (Wildman–Crippen LogP) is 4.07. The van der Waals surface area contributed by atoms with Crippen LogP contribution in [0.5, 0.6) is 0 Å². The van der Waals surface area contributed by atoms with Crippen LogP contribution in [0, 0.1) is 5.41 Å². The largest absolute Gasteiger partial charge is 0.417 e. The Hall–Kier alpha value is -1.60. The lowest BCUT2D eigenvalue weighted by Gasteiger charge is -2.42. The van der Waals surface area contributed by atoms with Gasteiger partial charge in [0, 0.05) is 31.1 Å². The lowest BCUT2D eigenvalue weighted by molar-refractivity contribution is -0.273. The van der Waals surface area contributed by atoms with E-state index in [0.717, 1.165) is 37.7 Å². The molecule has 7 heteroatoms. The topological polar surface area (TPSA) is 52.6 Å². The third-order valence-electron chi connectivity index (χ3n) is 6.99. The van der Waals surface area contributed by atoms with Gasteiger partial charge in [-0.05, 0) is 37.7 Å². The standard InChI is InChI=1S/C23H33F3N2O2/c1-21(10-6-3-7-11-21)20(29)27-17-19(16-18-8-4-2-5-9-18)28-14-12-22(30,13-15-28)23(24,25)26/h2,4-5,8-9,19,30H,3,6-7,10-17H2,1H3,(H,27,29). The van der Waals surface area contributed by atoms with E-state index in [1.165, 1.54) is 0 Å². The van der Waals surface area contributed by atoms with E-state index in [1.54, 1.807) is 0 Å². The molecule has 1 saturated heterocycles.